The summed E-state index contributed by atoms with van der Waals surface area (Å²) in [7, 11) is 4.16. The Kier molecular flexibility index (Phi) is 5.64. The maximum absolute atomic E-state index is 13.9. The first-order valence-corrected chi connectivity index (χ1v) is 12.7. The Hall–Kier alpha value is -3.12. The van der Waals surface area contributed by atoms with Crippen LogP contribution >= 0.6 is 11.3 Å². The molecule has 5 heterocycles. The van der Waals surface area contributed by atoms with Gasteiger partial charge < -0.3 is 14.7 Å². The maximum atomic E-state index is 13.9. The second kappa shape index (κ2) is 8.83. The zero-order chi connectivity index (χ0) is 24.1. The molecule has 11 heteroatoms. The van der Waals surface area contributed by atoms with Crippen molar-refractivity contribution in [2.75, 3.05) is 71.4 Å². The minimum atomic E-state index is -0.372. The third kappa shape index (κ3) is 3.94. The smallest absolute Gasteiger partial charge is 0.272 e. The number of rotatable bonds is 3. The quantitative estimate of drug-likeness (QED) is 0.455. The number of hydrazine groups is 1. The van der Waals surface area contributed by atoms with Crippen molar-refractivity contribution in [2.24, 2.45) is 0 Å². The van der Waals surface area contributed by atoms with Gasteiger partial charge in [-0.1, -0.05) is 12.1 Å². The zero-order valence-corrected chi connectivity index (χ0v) is 20.7. The molecule has 0 unspecified atom stereocenters. The van der Waals surface area contributed by atoms with Crippen molar-refractivity contribution < 1.29 is 4.79 Å². The van der Waals surface area contributed by atoms with Crippen molar-refractivity contribution in [1.29, 1.82) is 0 Å². The molecule has 0 bridgehead atoms. The van der Waals surface area contributed by atoms with Gasteiger partial charge in [0, 0.05) is 52.4 Å². The Morgan fingerprint density at radius 2 is 1.63 bits per heavy atom. The van der Waals surface area contributed by atoms with Crippen LogP contribution in [0.2, 0.25) is 0 Å². The van der Waals surface area contributed by atoms with E-state index >= 15 is 0 Å². The number of piperazine rings is 2. The predicted molar refractivity (Wildman–Crippen MR) is 138 cm³/mol. The van der Waals surface area contributed by atoms with E-state index in [-0.39, 0.29) is 16.9 Å². The van der Waals surface area contributed by atoms with Crippen LogP contribution in [0.3, 0.4) is 0 Å². The molecule has 3 aromatic heterocycles. The normalized spacial score (nSPS) is 18.6. The predicted octanol–water partition coefficient (Wildman–Crippen LogP) is 1.10. The summed E-state index contributed by atoms with van der Waals surface area (Å²) in [5, 5.41) is 11.3. The first-order valence-electron chi connectivity index (χ1n) is 11.9. The highest BCUT2D eigenvalue weighted by Crippen LogP contribution is 2.31. The van der Waals surface area contributed by atoms with Crippen LogP contribution in [0.15, 0.2) is 35.1 Å². The topological polar surface area (TPSA) is 89.3 Å². The maximum Gasteiger partial charge on any atom is 0.272 e. The molecule has 2 aliphatic rings. The van der Waals surface area contributed by atoms with Crippen LogP contribution in [-0.2, 0) is 0 Å². The van der Waals surface area contributed by atoms with Crippen molar-refractivity contribution in [1.82, 2.24) is 34.8 Å². The van der Waals surface area contributed by atoms with Crippen molar-refractivity contribution in [3.63, 3.8) is 0 Å². The van der Waals surface area contributed by atoms with Gasteiger partial charge in [0.25, 0.3) is 5.91 Å². The summed E-state index contributed by atoms with van der Waals surface area (Å²) in [6.45, 7) is 6.63. The van der Waals surface area contributed by atoms with E-state index in [1.165, 1.54) is 11.3 Å². The number of anilines is 1. The second-order valence-corrected chi connectivity index (χ2v) is 10.4. The van der Waals surface area contributed by atoms with Gasteiger partial charge in [-0.05, 0) is 32.3 Å². The number of aromatic nitrogens is 3. The SMILES string of the molecule is CN1CCN(NC(=O)c2c(=O)c3cc(N4CCN(C)CC4)nnc3n3c2sc2ccccc23)CC1. The van der Waals surface area contributed by atoms with E-state index in [0.717, 1.165) is 49.5 Å². The van der Waals surface area contributed by atoms with E-state index in [1.54, 1.807) is 0 Å². The van der Waals surface area contributed by atoms with Gasteiger partial charge in [0.2, 0.25) is 5.43 Å². The molecule has 0 saturated carbocycles. The fourth-order valence-corrected chi connectivity index (χ4v) is 5.99. The summed E-state index contributed by atoms with van der Waals surface area (Å²) in [5.74, 6) is 0.302. The summed E-state index contributed by atoms with van der Waals surface area (Å²) in [5.41, 5.74) is 4.24. The van der Waals surface area contributed by atoms with Gasteiger partial charge in [0.05, 0.1) is 15.6 Å². The number of benzene rings is 1. The fourth-order valence-electron chi connectivity index (χ4n) is 4.81. The summed E-state index contributed by atoms with van der Waals surface area (Å²) in [6.07, 6.45) is 0. The molecule has 2 saturated heterocycles. The lowest BCUT2D eigenvalue weighted by Gasteiger charge is -2.33. The first kappa shape index (κ1) is 22.4. The third-order valence-electron chi connectivity index (χ3n) is 6.99. The van der Waals surface area contributed by atoms with Gasteiger partial charge in [-0.3, -0.25) is 19.4 Å². The molecule has 4 aromatic rings. The molecule has 10 nitrogen and oxygen atoms in total. The molecule has 0 spiro atoms. The van der Waals surface area contributed by atoms with Crippen LogP contribution < -0.4 is 15.8 Å². The molecule has 1 N–H and O–H groups in total. The Bertz CT molecular complexity index is 1480. The third-order valence-corrected chi connectivity index (χ3v) is 8.14. The molecule has 0 aliphatic carbocycles. The molecule has 0 radical (unpaired) electrons. The minimum Gasteiger partial charge on any atom is -0.353 e. The van der Waals surface area contributed by atoms with E-state index in [9.17, 15) is 9.59 Å². The van der Waals surface area contributed by atoms with Crippen molar-refractivity contribution >= 4 is 49.1 Å². The first-order chi connectivity index (χ1) is 17.0. The van der Waals surface area contributed by atoms with Crippen molar-refractivity contribution in [2.45, 2.75) is 0 Å². The molecular weight excluding hydrogens is 464 g/mol. The fraction of sp³-hybridized carbons (Fsp3) is 0.417. The van der Waals surface area contributed by atoms with Crippen LogP contribution in [0.4, 0.5) is 5.82 Å². The summed E-state index contributed by atoms with van der Waals surface area (Å²) >= 11 is 1.43. The molecular formula is C24H28N8O2S. The molecule has 2 fully saturated rings. The number of nitrogens with zero attached hydrogens (tertiary/aromatic N) is 7. The van der Waals surface area contributed by atoms with Crippen LogP contribution in [0.5, 0.6) is 0 Å². The highest BCUT2D eigenvalue weighted by molar-refractivity contribution is 7.24. The van der Waals surface area contributed by atoms with E-state index in [0.29, 0.717) is 34.8 Å². The Morgan fingerprint density at radius 3 is 2.37 bits per heavy atom. The zero-order valence-electron chi connectivity index (χ0n) is 19.9. The lowest BCUT2D eigenvalue weighted by molar-refractivity contribution is 0.0663. The number of likely N-dealkylation sites (N-methyl/N-ethyl adjacent to an activating group) is 2. The van der Waals surface area contributed by atoms with Crippen LogP contribution in [0.25, 0.3) is 26.1 Å². The number of hydrogen-bond acceptors (Lipinski definition) is 9. The lowest BCUT2D eigenvalue weighted by Crippen LogP contribution is -2.53. The van der Waals surface area contributed by atoms with E-state index in [4.69, 9.17) is 0 Å². The molecule has 0 atom stereocenters. The van der Waals surface area contributed by atoms with E-state index < -0.39 is 0 Å². The number of para-hydroxylation sites is 1. The summed E-state index contributed by atoms with van der Waals surface area (Å²) in [4.78, 5) is 34.6. The number of nitrogens with one attached hydrogen (secondary N) is 1. The van der Waals surface area contributed by atoms with Gasteiger partial charge in [-0.15, -0.1) is 21.5 Å². The van der Waals surface area contributed by atoms with Gasteiger partial charge in [-0.2, -0.15) is 0 Å². The monoisotopic (exact) mass is 492 g/mol. The van der Waals surface area contributed by atoms with Crippen molar-refractivity contribution in [3.8, 4) is 0 Å². The molecule has 6 rings (SSSR count). The number of pyridine rings is 1. The standard InChI is InChI=1S/C24H28N8O2S/c1-28-7-11-30(12-8-28)19-15-16-21(33)20(23(34)27-31-13-9-29(2)10-14-31)24-32(22(16)26-25-19)17-5-3-4-6-18(17)35-24/h3-6,15H,7-14H2,1-2H3,(H,27,34). The van der Waals surface area contributed by atoms with Gasteiger partial charge in [-0.25, -0.2) is 5.01 Å². The second-order valence-electron chi connectivity index (χ2n) is 9.38. The number of fused-ring (bicyclic) bond motifs is 5. The number of carbonyl (C=O) groups is 1. The highest BCUT2D eigenvalue weighted by Gasteiger charge is 2.26. The average molecular weight is 493 g/mol. The molecule has 2 aliphatic heterocycles. The van der Waals surface area contributed by atoms with Gasteiger partial charge in [0.1, 0.15) is 10.4 Å². The molecule has 182 valence electrons. The average Bonchev–Trinajstić information content (AvgIpc) is 3.25. The van der Waals surface area contributed by atoms with Gasteiger partial charge in [0.15, 0.2) is 11.5 Å². The van der Waals surface area contributed by atoms with E-state index in [1.807, 2.05) is 39.7 Å². The molecule has 1 amide bonds. The van der Waals surface area contributed by atoms with Crippen LogP contribution in [0.1, 0.15) is 10.4 Å². The van der Waals surface area contributed by atoms with Crippen LogP contribution in [-0.4, -0.2) is 102 Å². The summed E-state index contributed by atoms with van der Waals surface area (Å²) in [6, 6.07) is 9.70. The number of thiazole rings is 1. The number of hydrogen-bond donors (Lipinski definition) is 1. The lowest BCUT2D eigenvalue weighted by atomic mass is 10.1. The van der Waals surface area contributed by atoms with Gasteiger partial charge >= 0.3 is 0 Å². The molecule has 1 aromatic carbocycles. The largest absolute Gasteiger partial charge is 0.353 e. The van der Waals surface area contributed by atoms with Crippen LogP contribution in [0, 0.1) is 0 Å². The Balaban J connectivity index is 1.51. The molecule has 35 heavy (non-hydrogen) atoms. The van der Waals surface area contributed by atoms with Crippen molar-refractivity contribution in [3.05, 3.63) is 46.1 Å². The number of amides is 1. The summed E-state index contributed by atoms with van der Waals surface area (Å²) < 4.78 is 2.90. The number of carbonyl (C=O) groups excluding carboxylic acids is 1. The Morgan fingerprint density at radius 1 is 0.943 bits per heavy atom. The highest BCUT2D eigenvalue weighted by atomic mass is 32.1. The minimum absolute atomic E-state index is 0.162. The van der Waals surface area contributed by atoms with E-state index in [2.05, 4.69) is 44.4 Å². The Labute approximate surface area is 206 Å².